The molecule has 9 atom stereocenters. The van der Waals surface area contributed by atoms with Crippen LogP contribution in [0.4, 0.5) is 0 Å². The van der Waals surface area contributed by atoms with Gasteiger partial charge in [0.05, 0.1) is 29.4 Å². The SMILES string of the molecule is COC(OC1CCC2(C)C(CC(OC(=O)c3ccc(C#N)cc3)C3(C)Oc4cc(-c5cccnc5)oc(=O)c4C(O)C23)C1C)c1cccc2ccccc12. The van der Waals surface area contributed by atoms with Crippen molar-refractivity contribution in [3.05, 3.63) is 130 Å². The van der Waals surface area contributed by atoms with E-state index in [9.17, 15) is 20.0 Å². The minimum absolute atomic E-state index is 0.0468. The summed E-state index contributed by atoms with van der Waals surface area (Å²) >= 11 is 0. The fourth-order valence-corrected chi connectivity index (χ4v) is 9.75. The molecule has 3 aromatic carbocycles. The molecule has 2 aliphatic carbocycles. The van der Waals surface area contributed by atoms with Crippen molar-refractivity contribution in [2.75, 3.05) is 7.11 Å². The predicted octanol–water partition coefficient (Wildman–Crippen LogP) is 7.94. The van der Waals surface area contributed by atoms with Crippen LogP contribution in [0.1, 0.15) is 79.5 Å². The molecule has 0 spiro atoms. The van der Waals surface area contributed by atoms with Crippen LogP contribution >= 0.6 is 0 Å². The zero-order valence-electron chi connectivity index (χ0n) is 30.6. The quantitative estimate of drug-likeness (QED) is 0.130. The van der Waals surface area contributed by atoms with Gasteiger partial charge in [-0.3, -0.25) is 4.98 Å². The van der Waals surface area contributed by atoms with Crippen LogP contribution in [-0.4, -0.2) is 41.0 Å². The third-order valence-corrected chi connectivity index (χ3v) is 12.4. The van der Waals surface area contributed by atoms with Crippen LogP contribution in [0.5, 0.6) is 5.75 Å². The highest BCUT2D eigenvalue weighted by Crippen LogP contribution is 2.65. The fraction of sp³-hybridized carbons (Fsp3) is 0.364. The molecular formula is C44H42N2O8. The highest BCUT2D eigenvalue weighted by Gasteiger charge is 2.68. The lowest BCUT2D eigenvalue weighted by atomic mass is 9.46. The van der Waals surface area contributed by atoms with Gasteiger partial charge in [-0.1, -0.05) is 56.3 Å². The van der Waals surface area contributed by atoms with E-state index in [0.717, 1.165) is 16.3 Å². The maximum Gasteiger partial charge on any atom is 0.345 e. The van der Waals surface area contributed by atoms with Crippen molar-refractivity contribution in [3.8, 4) is 23.1 Å². The number of esters is 1. The van der Waals surface area contributed by atoms with Crippen molar-refractivity contribution >= 4 is 16.7 Å². The molecule has 2 fully saturated rings. The second-order valence-corrected chi connectivity index (χ2v) is 15.3. The minimum atomic E-state index is -1.28. The van der Waals surface area contributed by atoms with Crippen molar-refractivity contribution < 1.29 is 33.3 Å². The van der Waals surface area contributed by atoms with Crippen LogP contribution in [0.2, 0.25) is 0 Å². The Bertz CT molecular complexity index is 2300. The van der Waals surface area contributed by atoms with Crippen LogP contribution in [-0.2, 0) is 14.2 Å². The number of pyridine rings is 1. The molecule has 0 radical (unpaired) electrons. The van der Waals surface area contributed by atoms with Gasteiger partial charge in [0.15, 0.2) is 6.29 Å². The molecule has 0 bridgehead atoms. The van der Waals surface area contributed by atoms with Crippen molar-refractivity contribution in [1.82, 2.24) is 4.98 Å². The monoisotopic (exact) mass is 726 g/mol. The van der Waals surface area contributed by atoms with Gasteiger partial charge < -0.3 is 28.5 Å². The molecule has 10 nitrogen and oxygen atoms in total. The number of carbonyl (C=O) groups is 1. The van der Waals surface area contributed by atoms with Gasteiger partial charge in [-0.05, 0) is 90.6 Å². The van der Waals surface area contributed by atoms with Gasteiger partial charge in [-0.25, -0.2) is 9.59 Å². The number of nitriles is 1. The normalized spacial score (nSPS) is 29.1. The van der Waals surface area contributed by atoms with E-state index < -0.39 is 47.0 Å². The lowest BCUT2D eigenvalue weighted by Gasteiger charge is -2.64. The van der Waals surface area contributed by atoms with Crippen molar-refractivity contribution in [3.63, 3.8) is 0 Å². The molecule has 0 amide bonds. The number of aliphatic hydroxyl groups is 1. The van der Waals surface area contributed by atoms with Crippen LogP contribution < -0.4 is 10.4 Å². The van der Waals surface area contributed by atoms with E-state index in [-0.39, 0.29) is 40.6 Å². The number of benzene rings is 3. The van der Waals surface area contributed by atoms with Gasteiger partial charge in [0.2, 0.25) is 0 Å². The summed E-state index contributed by atoms with van der Waals surface area (Å²) in [7, 11) is 1.65. The molecule has 10 heteroatoms. The standard InChI is InChI=1S/C44H42N2O8/c1-25-32-21-36(53-40(48)28-16-14-26(23-45)15-17-28)44(3)39(38(47)37-35(54-44)22-34(51-41(37)49)29-11-8-20-46-24-29)43(32,2)19-18-33(25)52-42(50-4)31-13-7-10-27-9-5-6-12-30(27)31/h5-17,20,22,24-25,32-33,36,38-39,42,47H,18-19,21H2,1-4H3. The fourth-order valence-electron chi connectivity index (χ4n) is 9.75. The number of rotatable bonds is 7. The molecule has 2 aromatic heterocycles. The maximum absolute atomic E-state index is 13.8. The molecule has 1 aliphatic heterocycles. The Kier molecular flexibility index (Phi) is 9.13. The summed E-state index contributed by atoms with van der Waals surface area (Å²) in [5.74, 6) is -1.01. The lowest BCUT2D eigenvalue weighted by molar-refractivity contribution is -0.258. The van der Waals surface area contributed by atoms with Crippen LogP contribution in [0.3, 0.4) is 0 Å². The highest BCUT2D eigenvalue weighted by molar-refractivity contribution is 5.89. The largest absolute Gasteiger partial charge is 0.482 e. The molecular weight excluding hydrogens is 684 g/mol. The van der Waals surface area contributed by atoms with Crippen LogP contribution in [0, 0.1) is 34.5 Å². The Hall–Kier alpha value is -5.34. The summed E-state index contributed by atoms with van der Waals surface area (Å²) in [4.78, 5) is 31.7. The number of hydrogen-bond donors (Lipinski definition) is 1. The number of aromatic nitrogens is 1. The Labute approximate surface area is 313 Å². The van der Waals surface area contributed by atoms with Gasteiger partial charge in [0, 0.05) is 42.6 Å². The van der Waals surface area contributed by atoms with Gasteiger partial charge in [0.25, 0.3) is 0 Å². The molecule has 0 saturated heterocycles. The first-order chi connectivity index (χ1) is 26.1. The smallest absolute Gasteiger partial charge is 0.345 e. The van der Waals surface area contributed by atoms with Crippen LogP contribution in [0.15, 0.2) is 107 Å². The maximum atomic E-state index is 13.8. The van der Waals surface area contributed by atoms with Gasteiger partial charge in [0.1, 0.15) is 28.8 Å². The third kappa shape index (κ3) is 5.88. The number of nitrogens with zero attached hydrogens (tertiary/aromatic N) is 2. The molecule has 2 saturated carbocycles. The predicted molar refractivity (Wildman–Crippen MR) is 199 cm³/mol. The zero-order chi connectivity index (χ0) is 37.8. The van der Waals surface area contributed by atoms with E-state index >= 15 is 0 Å². The summed E-state index contributed by atoms with van der Waals surface area (Å²) in [5, 5.41) is 23.9. The zero-order valence-corrected chi connectivity index (χ0v) is 30.6. The van der Waals surface area contributed by atoms with E-state index in [2.05, 4.69) is 43.1 Å². The van der Waals surface area contributed by atoms with Gasteiger partial charge in [-0.2, -0.15) is 5.26 Å². The Morgan fingerprint density at radius 1 is 1.06 bits per heavy atom. The number of ether oxygens (including phenoxy) is 4. The summed E-state index contributed by atoms with van der Waals surface area (Å²) < 4.78 is 31.9. The molecule has 5 aromatic rings. The number of methoxy groups -OCH3 is 1. The number of carbonyl (C=O) groups excluding carboxylic acids is 1. The van der Waals surface area contributed by atoms with E-state index in [1.165, 1.54) is 0 Å². The third-order valence-electron chi connectivity index (χ3n) is 12.4. The van der Waals surface area contributed by atoms with E-state index in [1.807, 2.05) is 31.2 Å². The second kappa shape index (κ2) is 13.8. The number of aliphatic hydroxyl groups excluding tert-OH is 1. The van der Waals surface area contributed by atoms with Crippen LogP contribution in [0.25, 0.3) is 22.1 Å². The Balaban J connectivity index is 1.17. The summed E-state index contributed by atoms with van der Waals surface area (Å²) in [6.45, 7) is 6.16. The number of fused-ring (bicyclic) bond motifs is 5. The molecule has 8 rings (SSSR count). The van der Waals surface area contributed by atoms with Crippen molar-refractivity contribution in [2.45, 2.75) is 70.2 Å². The second-order valence-electron chi connectivity index (χ2n) is 15.3. The minimum Gasteiger partial charge on any atom is -0.482 e. The average Bonchev–Trinajstić information content (AvgIpc) is 3.18. The summed E-state index contributed by atoms with van der Waals surface area (Å²) in [6.07, 6.45) is 1.95. The molecule has 1 N–H and O–H groups in total. The molecule has 3 heterocycles. The average molecular weight is 727 g/mol. The lowest BCUT2D eigenvalue weighted by Crippen LogP contribution is -2.69. The van der Waals surface area contributed by atoms with Gasteiger partial charge in [-0.15, -0.1) is 0 Å². The Morgan fingerprint density at radius 3 is 2.57 bits per heavy atom. The van der Waals surface area contributed by atoms with Crippen molar-refractivity contribution in [2.24, 2.45) is 23.2 Å². The highest BCUT2D eigenvalue weighted by atomic mass is 16.7. The Morgan fingerprint density at radius 2 is 1.83 bits per heavy atom. The van der Waals surface area contributed by atoms with Crippen molar-refractivity contribution in [1.29, 1.82) is 5.26 Å². The van der Waals surface area contributed by atoms with E-state index in [4.69, 9.17) is 23.4 Å². The topological polar surface area (TPSA) is 141 Å². The first-order valence-corrected chi connectivity index (χ1v) is 18.4. The van der Waals surface area contributed by atoms with E-state index in [0.29, 0.717) is 30.4 Å². The van der Waals surface area contributed by atoms with Gasteiger partial charge >= 0.3 is 11.6 Å². The number of hydrogen-bond acceptors (Lipinski definition) is 10. The first kappa shape index (κ1) is 35.7. The molecule has 9 unspecified atom stereocenters. The summed E-state index contributed by atoms with van der Waals surface area (Å²) in [6, 6.07) is 27.7. The molecule has 276 valence electrons. The summed E-state index contributed by atoms with van der Waals surface area (Å²) in [5.41, 5.74) is -0.241. The van der Waals surface area contributed by atoms with E-state index in [1.54, 1.807) is 62.0 Å². The first-order valence-electron chi connectivity index (χ1n) is 18.4. The molecule has 54 heavy (non-hydrogen) atoms. The molecule has 3 aliphatic rings.